The molecule has 0 heterocycles. The minimum Gasteiger partial charge on any atom is -0.492 e. The summed E-state index contributed by atoms with van der Waals surface area (Å²) in [7, 11) is 0. The van der Waals surface area contributed by atoms with E-state index in [9.17, 15) is 20.2 Å². The molecule has 0 aliphatic rings. The van der Waals surface area contributed by atoms with Crippen molar-refractivity contribution in [1.29, 1.82) is 0 Å². The minimum atomic E-state index is -0.671. The molecule has 2 aromatic rings. The zero-order chi connectivity index (χ0) is 15.9. The summed E-state index contributed by atoms with van der Waals surface area (Å²) in [6.45, 7) is 0.631. The van der Waals surface area contributed by atoms with E-state index >= 15 is 0 Å². The van der Waals surface area contributed by atoms with Crippen LogP contribution in [0.1, 0.15) is 0 Å². The summed E-state index contributed by atoms with van der Waals surface area (Å²) in [5.74, 6) is 0.697. The lowest BCUT2D eigenvalue weighted by Gasteiger charge is -2.08. The van der Waals surface area contributed by atoms with Gasteiger partial charge < -0.3 is 10.1 Å². The summed E-state index contributed by atoms with van der Waals surface area (Å²) >= 11 is 0. The third kappa shape index (κ3) is 3.92. The quantitative estimate of drug-likeness (QED) is 0.478. The zero-order valence-electron chi connectivity index (χ0n) is 11.5. The fourth-order valence-corrected chi connectivity index (χ4v) is 1.81. The van der Waals surface area contributed by atoms with Gasteiger partial charge in [-0.15, -0.1) is 0 Å². The third-order valence-electron chi connectivity index (χ3n) is 2.82. The molecule has 8 nitrogen and oxygen atoms in total. The van der Waals surface area contributed by atoms with Crippen molar-refractivity contribution < 1.29 is 14.6 Å². The summed E-state index contributed by atoms with van der Waals surface area (Å²) in [6.07, 6.45) is 0. The lowest BCUT2D eigenvalue weighted by molar-refractivity contribution is -0.393. The van der Waals surface area contributed by atoms with Crippen molar-refractivity contribution in [3.05, 3.63) is 68.8 Å². The Balaban J connectivity index is 1.97. The molecule has 0 unspecified atom stereocenters. The maximum atomic E-state index is 11.0. The first kappa shape index (κ1) is 15.2. The molecule has 0 aliphatic carbocycles. The molecule has 8 heteroatoms. The number of nitrogens with zero attached hydrogens (tertiary/aromatic N) is 2. The normalized spacial score (nSPS) is 10.0. The number of nitro groups is 2. The van der Waals surface area contributed by atoms with Gasteiger partial charge in [-0.3, -0.25) is 20.2 Å². The van der Waals surface area contributed by atoms with Crippen molar-refractivity contribution in [1.82, 2.24) is 0 Å². The molecule has 1 N–H and O–H groups in total. The monoisotopic (exact) mass is 303 g/mol. The van der Waals surface area contributed by atoms with E-state index in [0.29, 0.717) is 18.9 Å². The van der Waals surface area contributed by atoms with Gasteiger partial charge in [0.2, 0.25) is 0 Å². The molecule has 2 rings (SSSR count). The molecule has 0 bridgehead atoms. The lowest BCUT2D eigenvalue weighted by atomic mass is 10.2. The summed E-state index contributed by atoms with van der Waals surface area (Å²) in [6, 6.07) is 12.6. The smallest absolute Gasteiger partial charge is 0.299 e. The van der Waals surface area contributed by atoms with Crippen molar-refractivity contribution in [2.24, 2.45) is 0 Å². The molecule has 0 amide bonds. The summed E-state index contributed by atoms with van der Waals surface area (Å²) < 4.78 is 5.45. The van der Waals surface area contributed by atoms with Gasteiger partial charge in [-0.2, -0.15) is 0 Å². The van der Waals surface area contributed by atoms with E-state index in [4.69, 9.17) is 4.74 Å². The molecule has 0 spiro atoms. The second-order valence-electron chi connectivity index (χ2n) is 4.30. The van der Waals surface area contributed by atoms with Gasteiger partial charge in [-0.05, 0) is 18.2 Å². The maximum Gasteiger partial charge on any atom is 0.299 e. The first-order valence-electron chi connectivity index (χ1n) is 6.42. The number of hydrogen-bond acceptors (Lipinski definition) is 6. The average molecular weight is 303 g/mol. The summed E-state index contributed by atoms with van der Waals surface area (Å²) in [5.41, 5.74) is -0.445. The van der Waals surface area contributed by atoms with Gasteiger partial charge in [0.1, 0.15) is 18.0 Å². The van der Waals surface area contributed by atoms with Gasteiger partial charge in [-0.25, -0.2) is 0 Å². The van der Waals surface area contributed by atoms with Crippen LogP contribution in [0.4, 0.5) is 17.1 Å². The van der Waals surface area contributed by atoms with Gasteiger partial charge in [0.25, 0.3) is 11.4 Å². The van der Waals surface area contributed by atoms with Gasteiger partial charge in [-0.1, -0.05) is 18.2 Å². The maximum absolute atomic E-state index is 11.0. The fraction of sp³-hybridized carbons (Fsp3) is 0.143. The highest BCUT2D eigenvalue weighted by molar-refractivity contribution is 5.65. The highest BCUT2D eigenvalue weighted by atomic mass is 16.6. The predicted molar refractivity (Wildman–Crippen MR) is 80.2 cm³/mol. The molecule has 0 saturated carbocycles. The van der Waals surface area contributed by atoms with Crippen LogP contribution in [0.5, 0.6) is 5.75 Å². The third-order valence-corrected chi connectivity index (χ3v) is 2.82. The van der Waals surface area contributed by atoms with E-state index in [1.54, 1.807) is 12.1 Å². The topological polar surface area (TPSA) is 108 Å². The largest absolute Gasteiger partial charge is 0.492 e. The number of nitro benzene ring substituents is 2. The van der Waals surface area contributed by atoms with Crippen LogP contribution in [-0.2, 0) is 0 Å². The van der Waals surface area contributed by atoms with Crippen LogP contribution in [0.3, 0.4) is 0 Å². The second kappa shape index (κ2) is 7.02. The number of para-hydroxylation sites is 1. The molecular weight excluding hydrogens is 290 g/mol. The number of anilines is 1. The average Bonchev–Trinajstić information content (AvgIpc) is 2.52. The van der Waals surface area contributed by atoms with Crippen molar-refractivity contribution in [3.8, 4) is 5.75 Å². The molecule has 114 valence electrons. The Kier molecular flexibility index (Phi) is 4.86. The highest BCUT2D eigenvalue weighted by Crippen LogP contribution is 2.28. The Morgan fingerprint density at radius 2 is 1.73 bits per heavy atom. The van der Waals surface area contributed by atoms with Gasteiger partial charge in [0.15, 0.2) is 0 Å². The van der Waals surface area contributed by atoms with Crippen molar-refractivity contribution in [2.75, 3.05) is 18.5 Å². The van der Waals surface area contributed by atoms with Crippen LogP contribution < -0.4 is 10.1 Å². The van der Waals surface area contributed by atoms with E-state index in [2.05, 4.69) is 5.32 Å². The summed E-state index contributed by atoms with van der Waals surface area (Å²) in [5, 5.41) is 24.5. The Labute approximate surface area is 125 Å². The second-order valence-corrected chi connectivity index (χ2v) is 4.30. The van der Waals surface area contributed by atoms with Crippen molar-refractivity contribution in [2.45, 2.75) is 0 Å². The van der Waals surface area contributed by atoms with Crippen molar-refractivity contribution in [3.63, 3.8) is 0 Å². The standard InChI is InChI=1S/C14H13N3O5/c18-16(19)11-6-7-13(14(10-11)17(20)21)15-8-9-22-12-4-2-1-3-5-12/h1-7,10,15H,8-9H2. The molecule has 0 aromatic heterocycles. The van der Waals surface area contributed by atoms with E-state index in [1.165, 1.54) is 12.1 Å². The SMILES string of the molecule is O=[N+]([O-])c1ccc(NCCOc2ccccc2)c([N+](=O)[O-])c1. The van der Waals surface area contributed by atoms with Crippen molar-refractivity contribution >= 4 is 17.1 Å². The van der Waals surface area contributed by atoms with Gasteiger partial charge in [0.05, 0.1) is 15.9 Å². The first-order valence-corrected chi connectivity index (χ1v) is 6.42. The Hall–Kier alpha value is -3.16. The van der Waals surface area contributed by atoms with E-state index in [-0.39, 0.29) is 17.1 Å². The van der Waals surface area contributed by atoms with Gasteiger partial charge >= 0.3 is 0 Å². The molecule has 0 saturated heterocycles. The fourth-order valence-electron chi connectivity index (χ4n) is 1.81. The van der Waals surface area contributed by atoms with E-state index in [0.717, 1.165) is 6.07 Å². The number of rotatable bonds is 7. The van der Waals surface area contributed by atoms with Crippen LogP contribution in [0.25, 0.3) is 0 Å². The minimum absolute atomic E-state index is 0.215. The number of ether oxygens (including phenoxy) is 1. The van der Waals surface area contributed by atoms with Crippen LogP contribution in [0, 0.1) is 20.2 Å². The van der Waals surface area contributed by atoms with Crippen LogP contribution in [0.15, 0.2) is 48.5 Å². The first-order chi connectivity index (χ1) is 10.6. The molecule has 22 heavy (non-hydrogen) atoms. The van der Waals surface area contributed by atoms with Gasteiger partial charge in [0, 0.05) is 12.6 Å². The number of benzene rings is 2. The van der Waals surface area contributed by atoms with Crippen LogP contribution in [-0.4, -0.2) is 23.0 Å². The highest BCUT2D eigenvalue weighted by Gasteiger charge is 2.18. The molecule has 0 fully saturated rings. The Morgan fingerprint density at radius 3 is 2.36 bits per heavy atom. The van der Waals surface area contributed by atoms with E-state index < -0.39 is 9.85 Å². The predicted octanol–water partition coefficient (Wildman–Crippen LogP) is 2.99. The Morgan fingerprint density at radius 1 is 1.00 bits per heavy atom. The van der Waals surface area contributed by atoms with Crippen LogP contribution >= 0.6 is 0 Å². The lowest BCUT2D eigenvalue weighted by Crippen LogP contribution is -2.12. The molecular formula is C14H13N3O5. The zero-order valence-corrected chi connectivity index (χ0v) is 11.5. The Bertz CT molecular complexity index is 675. The molecule has 0 aliphatic heterocycles. The molecule has 2 aromatic carbocycles. The molecule has 0 atom stereocenters. The van der Waals surface area contributed by atoms with Crippen LogP contribution in [0.2, 0.25) is 0 Å². The number of nitrogens with one attached hydrogen (secondary N) is 1. The summed E-state index contributed by atoms with van der Waals surface area (Å²) in [4.78, 5) is 20.3. The molecule has 0 radical (unpaired) electrons. The number of non-ortho nitro benzene ring substituents is 1. The number of hydrogen-bond donors (Lipinski definition) is 1. The van der Waals surface area contributed by atoms with E-state index in [1.807, 2.05) is 18.2 Å².